The van der Waals surface area contributed by atoms with E-state index in [1.807, 2.05) is 0 Å². The van der Waals surface area contributed by atoms with Crippen LogP contribution in [0.15, 0.2) is 70.7 Å². The second-order valence-electron chi connectivity index (χ2n) is 7.78. The summed E-state index contributed by atoms with van der Waals surface area (Å²) in [6.07, 6.45) is 1.26. The molecule has 4 rings (SSSR count). The van der Waals surface area contributed by atoms with E-state index >= 15 is 0 Å². The minimum Gasteiger partial charge on any atom is -0.493 e. The molecule has 3 aromatic carbocycles. The summed E-state index contributed by atoms with van der Waals surface area (Å²) in [5, 5.41) is 2.17. The molecule has 0 unspecified atom stereocenters. The van der Waals surface area contributed by atoms with E-state index in [1.54, 1.807) is 42.5 Å². The fourth-order valence-electron chi connectivity index (χ4n) is 3.69. The largest absolute Gasteiger partial charge is 0.493 e. The van der Waals surface area contributed by atoms with Gasteiger partial charge in [0.15, 0.2) is 11.5 Å². The van der Waals surface area contributed by atoms with Gasteiger partial charge in [-0.15, -0.1) is 0 Å². The lowest BCUT2D eigenvalue weighted by Gasteiger charge is -2.26. The summed E-state index contributed by atoms with van der Waals surface area (Å²) in [4.78, 5) is 52.2. The van der Waals surface area contributed by atoms with Crippen molar-refractivity contribution in [2.75, 3.05) is 26.2 Å². The predicted molar refractivity (Wildman–Crippen MR) is 141 cm³/mol. The molecule has 0 radical (unpaired) electrons. The van der Waals surface area contributed by atoms with E-state index in [4.69, 9.17) is 18.9 Å². The van der Waals surface area contributed by atoms with Gasteiger partial charge in [-0.1, -0.05) is 34.1 Å². The van der Waals surface area contributed by atoms with Crippen LogP contribution in [0.25, 0.3) is 6.08 Å². The Morgan fingerprint density at radius 2 is 1.50 bits per heavy atom. The number of esters is 1. The molecule has 1 aliphatic rings. The van der Waals surface area contributed by atoms with Gasteiger partial charge in [-0.2, -0.15) is 0 Å². The monoisotopic (exact) mass is 580 g/mol. The number of para-hydroxylation sites is 1. The van der Waals surface area contributed by atoms with Gasteiger partial charge in [-0.3, -0.25) is 14.9 Å². The number of hydrogen-bond acceptors (Lipinski definition) is 8. The molecule has 10 nitrogen and oxygen atoms in total. The molecule has 1 N–H and O–H groups in total. The molecule has 38 heavy (non-hydrogen) atoms. The zero-order valence-corrected chi connectivity index (χ0v) is 22.0. The van der Waals surface area contributed by atoms with Gasteiger partial charge >= 0.3 is 12.0 Å². The normalized spacial score (nSPS) is 14.3. The first kappa shape index (κ1) is 26.4. The maximum absolute atomic E-state index is 13.2. The number of carbonyl (C=O) groups is 4. The number of halogens is 1. The van der Waals surface area contributed by atoms with Crippen molar-refractivity contribution < 1.29 is 38.1 Å². The topological polar surface area (TPSA) is 120 Å². The van der Waals surface area contributed by atoms with Crippen LogP contribution < -0.4 is 29.2 Å². The van der Waals surface area contributed by atoms with Crippen molar-refractivity contribution >= 4 is 51.5 Å². The number of barbiturate groups is 1. The number of nitrogens with zero attached hydrogens (tertiary/aromatic N) is 1. The van der Waals surface area contributed by atoms with E-state index < -0.39 is 23.8 Å². The van der Waals surface area contributed by atoms with Gasteiger partial charge in [0, 0.05) is 10.0 Å². The van der Waals surface area contributed by atoms with Crippen molar-refractivity contribution in [3.63, 3.8) is 0 Å². The Balaban J connectivity index is 1.67. The molecular weight excluding hydrogens is 560 g/mol. The van der Waals surface area contributed by atoms with E-state index in [0.29, 0.717) is 5.75 Å². The zero-order valence-electron chi connectivity index (χ0n) is 20.4. The third kappa shape index (κ3) is 5.23. The molecule has 0 spiro atoms. The molecule has 194 valence electrons. The molecule has 0 aromatic heterocycles. The van der Waals surface area contributed by atoms with Gasteiger partial charge in [-0.25, -0.2) is 14.5 Å². The highest BCUT2D eigenvalue weighted by Crippen LogP contribution is 2.38. The highest BCUT2D eigenvalue weighted by molar-refractivity contribution is 9.10. The van der Waals surface area contributed by atoms with Crippen LogP contribution in [0.1, 0.15) is 15.9 Å². The number of hydrogen-bond donors (Lipinski definition) is 1. The Labute approximate surface area is 225 Å². The Bertz CT molecular complexity index is 1440. The van der Waals surface area contributed by atoms with Gasteiger partial charge in [-0.05, 0) is 48.5 Å². The number of methoxy groups -OCH3 is 3. The number of amides is 4. The summed E-state index contributed by atoms with van der Waals surface area (Å²) in [5.41, 5.74) is 0.331. The lowest BCUT2D eigenvalue weighted by atomic mass is 10.1. The van der Waals surface area contributed by atoms with Crippen LogP contribution in [0.2, 0.25) is 0 Å². The molecule has 1 aliphatic heterocycles. The van der Waals surface area contributed by atoms with Crippen LogP contribution in [0, 0.1) is 0 Å². The first-order chi connectivity index (χ1) is 18.3. The first-order valence-electron chi connectivity index (χ1n) is 11.1. The third-order valence-corrected chi connectivity index (χ3v) is 6.04. The van der Waals surface area contributed by atoms with Gasteiger partial charge < -0.3 is 18.9 Å². The highest BCUT2D eigenvalue weighted by atomic mass is 79.9. The summed E-state index contributed by atoms with van der Waals surface area (Å²) in [6.45, 7) is 0. The fraction of sp³-hybridized carbons (Fsp3) is 0.111. The lowest BCUT2D eigenvalue weighted by molar-refractivity contribution is -0.122. The predicted octanol–water partition coefficient (Wildman–Crippen LogP) is 4.36. The van der Waals surface area contributed by atoms with Crippen molar-refractivity contribution in [3.05, 3.63) is 81.8 Å². The van der Waals surface area contributed by atoms with Crippen molar-refractivity contribution in [2.45, 2.75) is 0 Å². The Kier molecular flexibility index (Phi) is 7.77. The standard InChI is InChI=1S/C27H21BrN2O8/c1-35-21-13-16(14-22(36-2)23(21)37-3)26(33)38-20-7-5-4-6-15(20)12-19-24(31)29-27(34)30(25(19)32)18-10-8-17(28)9-11-18/h4-14H,1-3H3,(H,29,31,34)/b19-12-. The minimum atomic E-state index is -0.876. The smallest absolute Gasteiger partial charge is 0.343 e. The first-order valence-corrected chi connectivity index (χ1v) is 11.8. The van der Waals surface area contributed by atoms with E-state index in [9.17, 15) is 19.2 Å². The summed E-state index contributed by atoms with van der Waals surface area (Å²) in [5.74, 6) is -1.55. The Morgan fingerprint density at radius 3 is 2.11 bits per heavy atom. The van der Waals surface area contributed by atoms with E-state index in [1.165, 1.54) is 45.6 Å². The minimum absolute atomic E-state index is 0.0754. The van der Waals surface area contributed by atoms with Crippen molar-refractivity contribution in [1.29, 1.82) is 0 Å². The number of imide groups is 2. The van der Waals surface area contributed by atoms with E-state index in [-0.39, 0.29) is 39.6 Å². The number of nitrogens with one attached hydrogen (secondary N) is 1. The van der Waals surface area contributed by atoms with E-state index in [0.717, 1.165) is 9.37 Å². The molecule has 0 aliphatic carbocycles. The van der Waals surface area contributed by atoms with Crippen LogP contribution >= 0.6 is 15.9 Å². The van der Waals surface area contributed by atoms with Crippen LogP contribution in [0.3, 0.4) is 0 Å². The summed E-state index contributed by atoms with van der Waals surface area (Å²) in [7, 11) is 4.28. The zero-order chi connectivity index (χ0) is 27.4. The fourth-order valence-corrected chi connectivity index (χ4v) is 3.95. The van der Waals surface area contributed by atoms with Gasteiger partial charge in [0.1, 0.15) is 11.3 Å². The lowest BCUT2D eigenvalue weighted by Crippen LogP contribution is -2.54. The Hall–Kier alpha value is -4.64. The molecule has 1 fully saturated rings. The molecular formula is C27H21BrN2O8. The molecule has 1 heterocycles. The molecule has 11 heteroatoms. The van der Waals surface area contributed by atoms with Gasteiger partial charge in [0.25, 0.3) is 11.8 Å². The molecule has 0 saturated carbocycles. The van der Waals surface area contributed by atoms with Crippen molar-refractivity contribution in [2.24, 2.45) is 0 Å². The third-order valence-electron chi connectivity index (χ3n) is 5.51. The summed E-state index contributed by atoms with van der Waals surface area (Å²) < 4.78 is 22.2. The van der Waals surface area contributed by atoms with Gasteiger partial charge in [0.05, 0.1) is 32.6 Å². The maximum atomic E-state index is 13.2. The number of rotatable bonds is 7. The van der Waals surface area contributed by atoms with Gasteiger partial charge in [0.2, 0.25) is 5.75 Å². The quantitative estimate of drug-likeness (QED) is 0.189. The number of anilines is 1. The molecule has 3 aromatic rings. The van der Waals surface area contributed by atoms with Crippen molar-refractivity contribution in [3.8, 4) is 23.0 Å². The molecule has 0 atom stereocenters. The van der Waals surface area contributed by atoms with Crippen LogP contribution in [-0.2, 0) is 9.59 Å². The maximum Gasteiger partial charge on any atom is 0.343 e. The second-order valence-corrected chi connectivity index (χ2v) is 8.69. The number of carbonyl (C=O) groups excluding carboxylic acids is 4. The van der Waals surface area contributed by atoms with Crippen LogP contribution in [-0.4, -0.2) is 45.1 Å². The average molecular weight is 581 g/mol. The molecule has 1 saturated heterocycles. The van der Waals surface area contributed by atoms with Crippen LogP contribution in [0.4, 0.5) is 10.5 Å². The van der Waals surface area contributed by atoms with Crippen molar-refractivity contribution in [1.82, 2.24) is 5.32 Å². The Morgan fingerprint density at radius 1 is 0.868 bits per heavy atom. The average Bonchev–Trinajstić information content (AvgIpc) is 2.91. The molecule has 0 bridgehead atoms. The summed E-state index contributed by atoms with van der Waals surface area (Å²) >= 11 is 3.30. The molecule has 4 amide bonds. The summed E-state index contributed by atoms with van der Waals surface area (Å²) in [6, 6.07) is 14.8. The van der Waals surface area contributed by atoms with E-state index in [2.05, 4.69) is 21.2 Å². The SMILES string of the molecule is COc1cc(C(=O)Oc2ccccc2/C=C2/C(=O)NC(=O)N(c3ccc(Br)cc3)C2=O)cc(OC)c1OC. The van der Waals surface area contributed by atoms with Crippen LogP contribution in [0.5, 0.6) is 23.0 Å². The number of urea groups is 1. The highest BCUT2D eigenvalue weighted by Gasteiger charge is 2.37. The number of ether oxygens (including phenoxy) is 4. The second kappa shape index (κ2) is 11.2. The number of benzene rings is 3.